The second-order valence-corrected chi connectivity index (χ2v) is 6.67. The van der Waals surface area contributed by atoms with E-state index in [1.54, 1.807) is 0 Å². The number of aliphatic carboxylic acids is 1. The van der Waals surface area contributed by atoms with Crippen molar-refractivity contribution in [3.8, 4) is 0 Å². The Labute approximate surface area is 176 Å². The summed E-state index contributed by atoms with van der Waals surface area (Å²) in [5.74, 6) is -3.92. The van der Waals surface area contributed by atoms with E-state index in [2.05, 4.69) is 15.3 Å². The molecule has 0 aromatic rings. The Kier molecular flexibility index (Phi) is 17.1. The molecule has 0 radical (unpaired) electrons. The molecule has 0 aliphatic carbocycles. The zero-order valence-electron chi connectivity index (χ0n) is 14.4. The van der Waals surface area contributed by atoms with E-state index in [4.69, 9.17) is 5.11 Å². The van der Waals surface area contributed by atoms with Crippen LogP contribution in [0.1, 0.15) is 71.1 Å². The number of carboxylic acids is 1. The summed E-state index contributed by atoms with van der Waals surface area (Å²) >= 11 is 0. The molecular weight excluding hydrogens is 375 g/mol. The van der Waals surface area contributed by atoms with Crippen LogP contribution in [0.2, 0.25) is 0 Å². The molecule has 0 aliphatic rings. The fourth-order valence-corrected chi connectivity index (χ4v) is 2.62. The Morgan fingerprint density at radius 1 is 0.846 bits per heavy atom. The number of hydrogen-bond donors (Lipinski definition) is 1. The molecule has 10 heteroatoms. The summed E-state index contributed by atoms with van der Waals surface area (Å²) < 4.78 is 30.6. The van der Waals surface area contributed by atoms with Gasteiger partial charge in [-0.3, -0.25) is 4.79 Å². The van der Waals surface area contributed by atoms with Crippen LogP contribution < -0.4 is 0 Å². The van der Waals surface area contributed by atoms with Crippen molar-refractivity contribution in [2.24, 2.45) is 0 Å². The van der Waals surface area contributed by atoms with E-state index in [9.17, 15) is 22.8 Å². The van der Waals surface area contributed by atoms with Crippen LogP contribution >= 0.6 is 0 Å². The van der Waals surface area contributed by atoms with Crippen molar-refractivity contribution in [3.05, 3.63) is 12.2 Å². The molecule has 0 amide bonds. The van der Waals surface area contributed by atoms with Crippen molar-refractivity contribution >= 4 is 57.9 Å². The number of unbranched alkanes of at least 4 members (excludes halogenated alkanes) is 8. The first-order chi connectivity index (χ1) is 11.8. The summed E-state index contributed by atoms with van der Waals surface area (Å²) in [4.78, 5) is 32.6. The summed E-state index contributed by atoms with van der Waals surface area (Å²) in [6, 6.07) is 0. The fraction of sp³-hybridized carbons (Fsp3) is 0.688. The maximum absolute atomic E-state index is 11.4. The Hall–Kier alpha value is -0.900. The van der Waals surface area contributed by atoms with Crippen LogP contribution in [-0.2, 0) is 33.1 Å². The summed E-state index contributed by atoms with van der Waals surface area (Å²) in [5.41, 5.74) is 0. The third kappa shape index (κ3) is 17.9. The topological polar surface area (TPSA) is 124 Å². The zero-order chi connectivity index (χ0) is 19.1. The summed E-state index contributed by atoms with van der Waals surface area (Å²) in [5, 5.41) is 8.29. The van der Waals surface area contributed by atoms with Crippen molar-refractivity contribution < 1.29 is 36.3 Å². The van der Waals surface area contributed by atoms with E-state index in [-0.39, 0.29) is 36.0 Å². The summed E-state index contributed by atoms with van der Waals surface area (Å²) in [6.07, 6.45) is 10.0. The molecule has 0 spiro atoms. The van der Waals surface area contributed by atoms with Gasteiger partial charge in [-0.15, -0.1) is 8.42 Å². The van der Waals surface area contributed by atoms with Gasteiger partial charge in [0.2, 0.25) is 0 Å². The van der Waals surface area contributed by atoms with E-state index in [0.717, 1.165) is 25.7 Å². The van der Waals surface area contributed by atoms with Crippen molar-refractivity contribution in [1.29, 1.82) is 0 Å². The van der Waals surface area contributed by atoms with Gasteiger partial charge in [0.1, 0.15) is 0 Å². The second-order valence-electron chi connectivity index (χ2n) is 5.52. The van der Waals surface area contributed by atoms with Gasteiger partial charge in [-0.25, -0.2) is 9.59 Å². The zero-order valence-corrected chi connectivity index (χ0v) is 15.3. The number of carbonyl (C=O) groups is 3. The Morgan fingerprint density at radius 3 is 1.85 bits per heavy atom. The average Bonchev–Trinajstić information content (AvgIpc) is 2.50. The molecule has 0 unspecified atom stereocenters. The van der Waals surface area contributed by atoms with Crippen LogP contribution in [0.25, 0.3) is 0 Å². The van der Waals surface area contributed by atoms with Gasteiger partial charge in [-0.1, -0.05) is 58.3 Å². The first-order valence-corrected chi connectivity index (χ1v) is 9.72. The number of carboxylic acid groups (broad SMARTS) is 1. The van der Waals surface area contributed by atoms with E-state index in [1.807, 2.05) is 0 Å². The molecule has 1 N–H and O–H groups in total. The van der Waals surface area contributed by atoms with Crippen LogP contribution in [0.3, 0.4) is 0 Å². The fourth-order valence-electron chi connectivity index (χ4n) is 2.02. The molecule has 0 aromatic heterocycles. The standard InChI is InChI=1S/C16H26O8S.Na.H/c1-2-3-4-5-6-7-8-9-10-11-15(19)23-25(21,22)24-16(20)13-12-14(17)18;;/h12-13H,2-11H2,1H3,(H,17,18);;/b13-12-;;. The molecule has 0 bridgehead atoms. The molecule has 146 valence electrons. The average molecular weight is 402 g/mol. The molecular formula is C16H27NaO8S. The van der Waals surface area contributed by atoms with E-state index >= 15 is 0 Å². The predicted octanol–water partition coefficient (Wildman–Crippen LogP) is 2.23. The quantitative estimate of drug-likeness (QED) is 0.266. The Morgan fingerprint density at radius 2 is 1.35 bits per heavy atom. The van der Waals surface area contributed by atoms with Gasteiger partial charge in [-0.2, -0.15) is 0 Å². The van der Waals surface area contributed by atoms with Gasteiger partial charge < -0.3 is 13.5 Å². The van der Waals surface area contributed by atoms with Crippen molar-refractivity contribution in [1.82, 2.24) is 0 Å². The molecule has 0 aliphatic heterocycles. The third-order valence-electron chi connectivity index (χ3n) is 3.23. The van der Waals surface area contributed by atoms with Gasteiger partial charge in [0.05, 0.1) is 0 Å². The first kappa shape index (κ1) is 27.3. The molecule has 8 nitrogen and oxygen atoms in total. The predicted molar refractivity (Wildman–Crippen MR) is 96.9 cm³/mol. The Balaban J connectivity index is 0. The monoisotopic (exact) mass is 402 g/mol. The van der Waals surface area contributed by atoms with Crippen molar-refractivity contribution in [2.45, 2.75) is 71.1 Å². The minimum atomic E-state index is -4.83. The van der Waals surface area contributed by atoms with Gasteiger partial charge in [0.25, 0.3) is 0 Å². The van der Waals surface area contributed by atoms with Crippen LogP contribution in [-0.4, -0.2) is 61.0 Å². The molecule has 26 heavy (non-hydrogen) atoms. The van der Waals surface area contributed by atoms with Crippen LogP contribution in [0, 0.1) is 0 Å². The second kappa shape index (κ2) is 16.3. The maximum atomic E-state index is 11.4. The molecule has 0 rings (SSSR count). The van der Waals surface area contributed by atoms with E-state index in [1.165, 1.54) is 25.7 Å². The molecule has 0 saturated carbocycles. The summed E-state index contributed by atoms with van der Waals surface area (Å²) in [7, 11) is -4.83. The number of hydrogen-bond acceptors (Lipinski definition) is 7. The number of rotatable bonds is 14. The first-order valence-electron chi connectivity index (χ1n) is 8.38. The van der Waals surface area contributed by atoms with Gasteiger partial charge >= 0.3 is 57.9 Å². The van der Waals surface area contributed by atoms with Crippen molar-refractivity contribution in [2.75, 3.05) is 0 Å². The number of carbonyl (C=O) groups excluding carboxylic acids is 2. The van der Waals surface area contributed by atoms with Crippen LogP contribution in [0.4, 0.5) is 0 Å². The normalized spacial score (nSPS) is 11.0. The SMILES string of the molecule is CCCCCCCCCCCC(=O)OS(=O)(=O)OC(=O)/C=C\C(=O)O.[NaH]. The van der Waals surface area contributed by atoms with Gasteiger partial charge in [-0.05, 0) is 6.42 Å². The van der Waals surface area contributed by atoms with Crippen LogP contribution in [0.15, 0.2) is 12.2 Å². The summed E-state index contributed by atoms with van der Waals surface area (Å²) in [6.45, 7) is 2.16. The molecule has 0 heterocycles. The van der Waals surface area contributed by atoms with E-state index in [0.29, 0.717) is 18.6 Å². The molecule has 0 atom stereocenters. The molecule has 0 aromatic carbocycles. The third-order valence-corrected chi connectivity index (χ3v) is 3.98. The van der Waals surface area contributed by atoms with Crippen LogP contribution in [0.5, 0.6) is 0 Å². The molecule has 0 saturated heterocycles. The Bertz CT molecular complexity index is 557. The molecule has 0 fully saturated rings. The van der Waals surface area contributed by atoms with Gasteiger partial charge in [0, 0.05) is 18.6 Å². The van der Waals surface area contributed by atoms with E-state index < -0.39 is 28.3 Å². The van der Waals surface area contributed by atoms with Gasteiger partial charge in [0.15, 0.2) is 0 Å². The van der Waals surface area contributed by atoms with Crippen molar-refractivity contribution in [3.63, 3.8) is 0 Å². The minimum absolute atomic E-state index is 0.